The summed E-state index contributed by atoms with van der Waals surface area (Å²) >= 11 is 0. The lowest BCUT2D eigenvalue weighted by Crippen LogP contribution is -2.49. The van der Waals surface area contributed by atoms with Gasteiger partial charge in [0.2, 0.25) is 0 Å². The molecule has 6 rings (SSSR count). The van der Waals surface area contributed by atoms with Gasteiger partial charge in [0.05, 0.1) is 0 Å². The van der Waals surface area contributed by atoms with E-state index in [2.05, 4.69) is 44.7 Å². The molecular formula is C29H33N5O. The molecule has 2 fully saturated rings. The lowest BCUT2D eigenvalue weighted by molar-refractivity contribution is 0.0828. The topological polar surface area (TPSA) is 46.4 Å². The molecule has 2 aromatic heterocycles. The number of ether oxygens (including phenoxy) is 1. The molecule has 0 amide bonds. The number of likely N-dealkylation sites (N-methyl/N-ethyl adjacent to an activating group) is 1. The molecule has 35 heavy (non-hydrogen) atoms. The predicted octanol–water partition coefficient (Wildman–Crippen LogP) is 5.62. The molecule has 0 unspecified atom stereocenters. The van der Waals surface area contributed by atoms with Crippen molar-refractivity contribution in [2.24, 2.45) is 0 Å². The third kappa shape index (κ3) is 4.68. The minimum absolute atomic E-state index is 0.491. The van der Waals surface area contributed by atoms with E-state index in [0.717, 1.165) is 34.1 Å². The summed E-state index contributed by atoms with van der Waals surface area (Å²) in [6.45, 7) is 4.80. The molecule has 1 saturated carbocycles. The molecule has 0 bridgehead atoms. The molecule has 1 saturated heterocycles. The van der Waals surface area contributed by atoms with E-state index in [1.54, 1.807) is 6.33 Å². The third-order valence-corrected chi connectivity index (χ3v) is 7.75. The lowest BCUT2D eigenvalue weighted by Gasteiger charge is -2.41. The van der Waals surface area contributed by atoms with Crippen molar-refractivity contribution in [3.63, 3.8) is 0 Å². The van der Waals surface area contributed by atoms with Crippen LogP contribution in [0.1, 0.15) is 31.7 Å². The van der Waals surface area contributed by atoms with Crippen molar-refractivity contribution in [3.8, 4) is 22.6 Å². The van der Waals surface area contributed by atoms with Crippen LogP contribution in [0, 0.1) is 0 Å². The minimum Gasteiger partial charge on any atom is -0.457 e. The Balaban J connectivity index is 1.21. The Morgan fingerprint density at radius 2 is 1.49 bits per heavy atom. The van der Waals surface area contributed by atoms with Gasteiger partial charge in [-0.15, -0.1) is 0 Å². The molecule has 4 aromatic rings. The predicted molar refractivity (Wildman–Crippen MR) is 140 cm³/mol. The highest BCUT2D eigenvalue weighted by Crippen LogP contribution is 2.38. The van der Waals surface area contributed by atoms with Crippen molar-refractivity contribution in [1.82, 2.24) is 24.3 Å². The second kappa shape index (κ2) is 9.80. The van der Waals surface area contributed by atoms with Gasteiger partial charge in [-0.3, -0.25) is 4.90 Å². The van der Waals surface area contributed by atoms with E-state index < -0.39 is 0 Å². The Bertz CT molecular complexity index is 1250. The molecule has 0 radical (unpaired) electrons. The highest BCUT2D eigenvalue weighted by atomic mass is 16.5. The van der Waals surface area contributed by atoms with Gasteiger partial charge in [0.25, 0.3) is 0 Å². The van der Waals surface area contributed by atoms with Gasteiger partial charge in [-0.05, 0) is 62.6 Å². The van der Waals surface area contributed by atoms with E-state index in [4.69, 9.17) is 9.72 Å². The number of hydrogen-bond donors (Lipinski definition) is 0. The molecule has 6 nitrogen and oxygen atoms in total. The normalized spacial score (nSPS) is 21.9. The first kappa shape index (κ1) is 22.3. The van der Waals surface area contributed by atoms with Gasteiger partial charge in [0.1, 0.15) is 23.5 Å². The van der Waals surface area contributed by atoms with Crippen molar-refractivity contribution in [2.45, 2.75) is 37.8 Å². The Labute approximate surface area is 207 Å². The summed E-state index contributed by atoms with van der Waals surface area (Å²) < 4.78 is 8.40. The second-order valence-corrected chi connectivity index (χ2v) is 9.95. The lowest BCUT2D eigenvalue weighted by atomic mass is 9.89. The first-order valence-electron chi connectivity index (χ1n) is 12.8. The molecule has 180 valence electrons. The maximum atomic E-state index is 5.99. The van der Waals surface area contributed by atoms with Crippen LogP contribution in [0.4, 0.5) is 0 Å². The van der Waals surface area contributed by atoms with Crippen LogP contribution in [0.25, 0.3) is 22.2 Å². The highest BCUT2D eigenvalue weighted by molar-refractivity contribution is 5.93. The van der Waals surface area contributed by atoms with Gasteiger partial charge in [-0.25, -0.2) is 9.97 Å². The van der Waals surface area contributed by atoms with Gasteiger partial charge in [-0.1, -0.05) is 30.3 Å². The molecule has 2 aromatic carbocycles. The quantitative estimate of drug-likeness (QED) is 0.381. The molecule has 0 spiro atoms. The fraction of sp³-hybridized carbons (Fsp3) is 0.379. The van der Waals surface area contributed by atoms with E-state index in [-0.39, 0.29) is 0 Å². The zero-order valence-corrected chi connectivity index (χ0v) is 20.4. The smallest absolute Gasteiger partial charge is 0.144 e. The average molecular weight is 468 g/mol. The van der Waals surface area contributed by atoms with Crippen molar-refractivity contribution in [2.75, 3.05) is 33.2 Å². The van der Waals surface area contributed by atoms with Crippen molar-refractivity contribution < 1.29 is 4.74 Å². The van der Waals surface area contributed by atoms with Crippen LogP contribution in [-0.4, -0.2) is 63.6 Å². The molecule has 0 atom stereocenters. The molecule has 1 aliphatic heterocycles. The third-order valence-electron chi connectivity index (χ3n) is 7.75. The summed E-state index contributed by atoms with van der Waals surface area (Å²) in [7, 11) is 2.23. The number of nitrogens with zero attached hydrogens (tertiary/aromatic N) is 5. The van der Waals surface area contributed by atoms with Crippen LogP contribution < -0.4 is 4.74 Å². The van der Waals surface area contributed by atoms with Gasteiger partial charge in [-0.2, -0.15) is 0 Å². The summed E-state index contributed by atoms with van der Waals surface area (Å²) in [6, 6.07) is 19.5. The first-order valence-corrected chi connectivity index (χ1v) is 12.8. The fourth-order valence-electron chi connectivity index (χ4n) is 5.71. The Kier molecular flexibility index (Phi) is 6.23. The Morgan fingerprint density at radius 1 is 0.800 bits per heavy atom. The Morgan fingerprint density at radius 3 is 2.23 bits per heavy atom. The van der Waals surface area contributed by atoms with Crippen molar-refractivity contribution in [1.29, 1.82) is 0 Å². The highest BCUT2D eigenvalue weighted by Gasteiger charge is 2.29. The zero-order valence-electron chi connectivity index (χ0n) is 20.4. The van der Waals surface area contributed by atoms with Crippen LogP contribution in [-0.2, 0) is 0 Å². The number of para-hydroxylation sites is 1. The largest absolute Gasteiger partial charge is 0.457 e. The first-order chi connectivity index (χ1) is 17.2. The van der Waals surface area contributed by atoms with Gasteiger partial charge in [0.15, 0.2) is 0 Å². The van der Waals surface area contributed by atoms with Gasteiger partial charge >= 0.3 is 0 Å². The number of benzene rings is 2. The monoisotopic (exact) mass is 467 g/mol. The number of hydrogen-bond acceptors (Lipinski definition) is 5. The standard InChI is InChI=1S/C29H33N5O/c1-32-15-17-33(18-16-32)23-9-11-24(12-10-23)34-20-28(27-19-30-21-31-29(27)34)22-7-13-26(14-8-22)35-25-5-3-2-4-6-25/h2-8,13-14,19-21,23-24H,9-12,15-18H2,1H3. The van der Waals surface area contributed by atoms with E-state index in [0.29, 0.717) is 6.04 Å². The number of fused-ring (bicyclic) bond motifs is 1. The van der Waals surface area contributed by atoms with Crippen LogP contribution in [0.5, 0.6) is 11.5 Å². The number of piperazine rings is 1. The summed E-state index contributed by atoms with van der Waals surface area (Å²) in [4.78, 5) is 14.2. The van der Waals surface area contributed by atoms with E-state index >= 15 is 0 Å². The molecule has 6 heteroatoms. The molecule has 0 N–H and O–H groups in total. The van der Waals surface area contributed by atoms with Crippen LogP contribution >= 0.6 is 0 Å². The molecule has 3 heterocycles. The van der Waals surface area contributed by atoms with Gasteiger partial charge < -0.3 is 14.2 Å². The van der Waals surface area contributed by atoms with Crippen molar-refractivity contribution in [3.05, 3.63) is 73.3 Å². The summed E-state index contributed by atoms with van der Waals surface area (Å²) in [6.07, 6.45) is 10.9. The van der Waals surface area contributed by atoms with Gasteiger partial charge in [0, 0.05) is 61.6 Å². The van der Waals surface area contributed by atoms with Crippen LogP contribution in [0.2, 0.25) is 0 Å². The zero-order chi connectivity index (χ0) is 23.6. The number of aromatic nitrogens is 3. The maximum Gasteiger partial charge on any atom is 0.144 e. The summed E-state index contributed by atoms with van der Waals surface area (Å²) in [5.41, 5.74) is 3.39. The summed E-state index contributed by atoms with van der Waals surface area (Å²) in [5.74, 6) is 1.68. The van der Waals surface area contributed by atoms with Crippen LogP contribution in [0.3, 0.4) is 0 Å². The van der Waals surface area contributed by atoms with Crippen LogP contribution in [0.15, 0.2) is 73.3 Å². The number of rotatable bonds is 5. The van der Waals surface area contributed by atoms with Crippen molar-refractivity contribution >= 4 is 11.0 Å². The molecular weight excluding hydrogens is 434 g/mol. The second-order valence-electron chi connectivity index (χ2n) is 9.95. The minimum atomic E-state index is 0.491. The summed E-state index contributed by atoms with van der Waals surface area (Å²) in [5, 5.41) is 1.12. The fourth-order valence-corrected chi connectivity index (χ4v) is 5.71. The maximum absolute atomic E-state index is 5.99. The average Bonchev–Trinajstić information content (AvgIpc) is 3.30. The van der Waals surface area contributed by atoms with E-state index in [1.165, 1.54) is 57.4 Å². The molecule has 2 aliphatic rings. The van der Waals surface area contributed by atoms with E-state index in [1.807, 2.05) is 48.7 Å². The Hall–Kier alpha value is -3.22. The van der Waals surface area contributed by atoms with E-state index in [9.17, 15) is 0 Å². The SMILES string of the molecule is CN1CCN(C2CCC(n3cc(-c4ccc(Oc5ccccc5)cc4)c4cncnc43)CC2)CC1. The molecule has 1 aliphatic carbocycles.